The second kappa shape index (κ2) is 5.88. The summed E-state index contributed by atoms with van der Waals surface area (Å²) >= 11 is 0. The van der Waals surface area contributed by atoms with Gasteiger partial charge in [-0.1, -0.05) is 24.3 Å². The van der Waals surface area contributed by atoms with Gasteiger partial charge in [0.05, 0.1) is 17.5 Å². The third-order valence-electron chi connectivity index (χ3n) is 3.71. The van der Waals surface area contributed by atoms with E-state index in [1.807, 2.05) is 6.07 Å². The van der Waals surface area contributed by atoms with Crippen LogP contribution >= 0.6 is 0 Å². The van der Waals surface area contributed by atoms with Crippen molar-refractivity contribution in [3.05, 3.63) is 60.3 Å². The molecule has 3 rings (SSSR count). The summed E-state index contributed by atoms with van der Waals surface area (Å²) in [5, 5.41) is 0. The molecule has 2 aromatic rings. The summed E-state index contributed by atoms with van der Waals surface area (Å²) in [6.07, 6.45) is 2.04. The van der Waals surface area contributed by atoms with Gasteiger partial charge >= 0.3 is 0 Å². The van der Waals surface area contributed by atoms with Crippen LogP contribution in [0.3, 0.4) is 0 Å². The number of sulfone groups is 1. The smallest absolute Gasteiger partial charge is 0.259 e. The number of anilines is 1. The monoisotopic (exact) mass is 316 g/mol. The fourth-order valence-electron chi connectivity index (χ4n) is 2.65. The molecule has 0 spiro atoms. The number of carbonyl (C=O) groups is 1. The van der Waals surface area contributed by atoms with E-state index in [0.717, 1.165) is 0 Å². The van der Waals surface area contributed by atoms with Crippen molar-refractivity contribution in [2.24, 2.45) is 0 Å². The van der Waals surface area contributed by atoms with Crippen molar-refractivity contribution in [3.8, 4) is 0 Å². The zero-order valence-corrected chi connectivity index (χ0v) is 12.7. The molecule has 1 aliphatic rings. The van der Waals surface area contributed by atoms with Crippen LogP contribution in [0.25, 0.3) is 0 Å². The maximum atomic E-state index is 12.8. The number of rotatable bonds is 3. The van der Waals surface area contributed by atoms with Gasteiger partial charge < -0.3 is 0 Å². The first-order chi connectivity index (χ1) is 10.6. The van der Waals surface area contributed by atoms with Crippen LogP contribution < -0.4 is 4.90 Å². The van der Waals surface area contributed by atoms with E-state index < -0.39 is 9.84 Å². The average Bonchev–Trinajstić information content (AvgIpc) is 2.89. The third kappa shape index (κ3) is 3.01. The van der Waals surface area contributed by atoms with Gasteiger partial charge in [0.15, 0.2) is 9.84 Å². The Labute approximate surface area is 129 Å². The molecule has 1 amide bonds. The lowest BCUT2D eigenvalue weighted by atomic mass is 10.1. The first kappa shape index (κ1) is 14.7. The largest absolute Gasteiger partial charge is 0.289 e. The minimum atomic E-state index is -3.09. The Morgan fingerprint density at radius 1 is 1.09 bits per heavy atom. The van der Waals surface area contributed by atoms with Crippen LogP contribution in [0.5, 0.6) is 0 Å². The number of amides is 1. The van der Waals surface area contributed by atoms with Gasteiger partial charge in [-0.25, -0.2) is 13.4 Å². The predicted octanol–water partition coefficient (Wildman–Crippen LogP) is 1.92. The van der Waals surface area contributed by atoms with Crippen molar-refractivity contribution >= 4 is 21.6 Å². The Kier molecular flexibility index (Phi) is 3.94. The molecule has 2 heterocycles. The number of pyridine rings is 1. The molecule has 0 saturated carbocycles. The molecule has 1 aromatic carbocycles. The lowest BCUT2D eigenvalue weighted by Crippen LogP contribution is -2.41. The summed E-state index contributed by atoms with van der Waals surface area (Å²) in [5.74, 6) is 0.366. The number of nitrogens with zero attached hydrogens (tertiary/aromatic N) is 2. The Morgan fingerprint density at radius 2 is 1.82 bits per heavy atom. The number of hydrogen-bond donors (Lipinski definition) is 0. The van der Waals surface area contributed by atoms with Gasteiger partial charge in [-0.3, -0.25) is 9.69 Å². The van der Waals surface area contributed by atoms with Gasteiger partial charge in [0.25, 0.3) is 5.91 Å². The summed E-state index contributed by atoms with van der Waals surface area (Å²) in [5.41, 5.74) is 0.525. The Balaban J connectivity index is 1.99. The molecule has 22 heavy (non-hydrogen) atoms. The van der Waals surface area contributed by atoms with Gasteiger partial charge in [0.2, 0.25) is 0 Å². The van der Waals surface area contributed by atoms with E-state index in [2.05, 4.69) is 4.98 Å². The van der Waals surface area contributed by atoms with Crippen LogP contribution in [0.15, 0.2) is 54.7 Å². The molecule has 1 unspecified atom stereocenters. The van der Waals surface area contributed by atoms with E-state index in [0.29, 0.717) is 17.8 Å². The van der Waals surface area contributed by atoms with Crippen molar-refractivity contribution in [2.45, 2.75) is 12.5 Å². The number of aromatic nitrogens is 1. The van der Waals surface area contributed by atoms with E-state index in [4.69, 9.17) is 0 Å². The highest BCUT2D eigenvalue weighted by molar-refractivity contribution is 7.91. The zero-order valence-electron chi connectivity index (χ0n) is 11.9. The van der Waals surface area contributed by atoms with Crippen molar-refractivity contribution in [1.82, 2.24) is 4.98 Å². The maximum absolute atomic E-state index is 12.8. The molecule has 1 atom stereocenters. The van der Waals surface area contributed by atoms with Crippen molar-refractivity contribution in [3.63, 3.8) is 0 Å². The summed E-state index contributed by atoms with van der Waals surface area (Å²) in [7, 11) is -3.09. The summed E-state index contributed by atoms with van der Waals surface area (Å²) in [6.45, 7) is 0. The van der Waals surface area contributed by atoms with Crippen molar-refractivity contribution < 1.29 is 13.2 Å². The quantitative estimate of drug-likeness (QED) is 0.867. The molecule has 6 heteroatoms. The lowest BCUT2D eigenvalue weighted by Gasteiger charge is -2.27. The molecule has 1 aliphatic heterocycles. The standard InChI is InChI=1S/C16H16N2O3S/c19-16(13-6-2-1-3-7-13)18(15-8-4-5-10-17-15)14-9-11-22(20,21)12-14/h1-8,10,14H,9,11-12H2. The predicted molar refractivity (Wildman–Crippen MR) is 84.5 cm³/mol. The first-order valence-corrected chi connectivity index (χ1v) is 8.89. The van der Waals surface area contributed by atoms with Crippen LogP contribution in [0.4, 0.5) is 5.82 Å². The van der Waals surface area contributed by atoms with E-state index >= 15 is 0 Å². The number of benzene rings is 1. The highest BCUT2D eigenvalue weighted by Gasteiger charge is 2.36. The minimum absolute atomic E-state index is 0.0118. The van der Waals surface area contributed by atoms with Crippen molar-refractivity contribution in [2.75, 3.05) is 16.4 Å². The van der Waals surface area contributed by atoms with Gasteiger partial charge in [-0.05, 0) is 30.7 Å². The third-order valence-corrected chi connectivity index (χ3v) is 5.46. The van der Waals surface area contributed by atoms with Crippen LogP contribution in [0.1, 0.15) is 16.8 Å². The molecular weight excluding hydrogens is 300 g/mol. The molecular formula is C16H16N2O3S. The highest BCUT2D eigenvalue weighted by atomic mass is 32.2. The molecule has 1 fully saturated rings. The Bertz CT molecular complexity index is 760. The van der Waals surface area contributed by atoms with Gasteiger partial charge in [-0.15, -0.1) is 0 Å². The number of hydrogen-bond acceptors (Lipinski definition) is 4. The van der Waals surface area contributed by atoms with Gasteiger partial charge in [0.1, 0.15) is 5.82 Å². The second-order valence-electron chi connectivity index (χ2n) is 5.29. The summed E-state index contributed by atoms with van der Waals surface area (Å²) < 4.78 is 23.6. The Morgan fingerprint density at radius 3 is 2.41 bits per heavy atom. The molecule has 114 valence electrons. The molecule has 0 N–H and O–H groups in total. The topological polar surface area (TPSA) is 67.3 Å². The molecule has 0 aliphatic carbocycles. The molecule has 1 aromatic heterocycles. The normalized spacial score (nSPS) is 19.7. The van der Waals surface area contributed by atoms with Crippen LogP contribution in [-0.2, 0) is 9.84 Å². The zero-order chi connectivity index (χ0) is 15.6. The second-order valence-corrected chi connectivity index (χ2v) is 7.51. The van der Waals surface area contributed by atoms with Gasteiger partial charge in [0, 0.05) is 11.8 Å². The average molecular weight is 316 g/mol. The Hall–Kier alpha value is -2.21. The molecule has 0 radical (unpaired) electrons. The molecule has 1 saturated heterocycles. The van der Waals surface area contributed by atoms with Gasteiger partial charge in [-0.2, -0.15) is 0 Å². The molecule has 5 nitrogen and oxygen atoms in total. The fraction of sp³-hybridized carbons (Fsp3) is 0.250. The highest BCUT2D eigenvalue weighted by Crippen LogP contribution is 2.24. The SMILES string of the molecule is O=C(c1ccccc1)N(c1ccccn1)C1CCS(=O)(=O)C1. The van der Waals surface area contributed by atoms with E-state index in [-0.39, 0.29) is 23.5 Å². The maximum Gasteiger partial charge on any atom is 0.259 e. The van der Waals surface area contributed by atoms with E-state index in [9.17, 15) is 13.2 Å². The van der Waals surface area contributed by atoms with Crippen LogP contribution in [0, 0.1) is 0 Å². The first-order valence-electron chi connectivity index (χ1n) is 7.07. The number of carbonyl (C=O) groups excluding carboxylic acids is 1. The fourth-order valence-corrected chi connectivity index (χ4v) is 4.35. The summed E-state index contributed by atoms with van der Waals surface area (Å²) in [6, 6.07) is 13.8. The van der Waals surface area contributed by atoms with Crippen LogP contribution in [0.2, 0.25) is 0 Å². The summed E-state index contributed by atoms with van der Waals surface area (Å²) in [4.78, 5) is 18.6. The minimum Gasteiger partial charge on any atom is -0.289 e. The van der Waals surface area contributed by atoms with Crippen LogP contribution in [-0.4, -0.2) is 36.9 Å². The van der Waals surface area contributed by atoms with E-state index in [1.54, 1.807) is 48.7 Å². The lowest BCUT2D eigenvalue weighted by molar-refractivity contribution is 0.0978. The molecule has 0 bridgehead atoms. The van der Waals surface area contributed by atoms with Crippen molar-refractivity contribution in [1.29, 1.82) is 0 Å². The van der Waals surface area contributed by atoms with E-state index in [1.165, 1.54) is 4.90 Å².